The van der Waals surface area contributed by atoms with Gasteiger partial charge in [0.05, 0.1) is 4.92 Å². The summed E-state index contributed by atoms with van der Waals surface area (Å²) in [6.45, 7) is 1.58. The maximum absolute atomic E-state index is 11.0. The Hall–Kier alpha value is -1.92. The Morgan fingerprint density at radius 2 is 1.88 bits per heavy atom. The zero-order valence-corrected chi connectivity index (χ0v) is 9.50. The number of nitro groups is 1. The van der Waals surface area contributed by atoms with Crippen LogP contribution in [0.1, 0.15) is 25.7 Å². The average Bonchev–Trinajstić information content (AvgIpc) is 2.56. The van der Waals surface area contributed by atoms with Crippen LogP contribution in [-0.2, 0) is 0 Å². The van der Waals surface area contributed by atoms with Gasteiger partial charge >= 0.3 is 5.69 Å². The van der Waals surface area contributed by atoms with Crippen molar-refractivity contribution in [3.05, 3.63) is 16.4 Å². The fraction of sp³-hybridized carbons (Fsp3) is 0.600. The summed E-state index contributed by atoms with van der Waals surface area (Å²) < 4.78 is 0. The predicted octanol–water partition coefficient (Wildman–Crippen LogP) is 1.35. The van der Waals surface area contributed by atoms with Gasteiger partial charge in [0, 0.05) is 13.1 Å². The van der Waals surface area contributed by atoms with Crippen LogP contribution in [0.5, 0.6) is 0 Å². The lowest BCUT2D eigenvalue weighted by Crippen LogP contribution is -2.26. The highest BCUT2D eigenvalue weighted by molar-refractivity contribution is 5.68. The van der Waals surface area contributed by atoms with Gasteiger partial charge in [-0.15, -0.1) is 0 Å². The summed E-state index contributed by atoms with van der Waals surface area (Å²) in [5.41, 5.74) is 5.38. The molecule has 1 fully saturated rings. The molecule has 7 heteroatoms. The van der Waals surface area contributed by atoms with Crippen molar-refractivity contribution < 1.29 is 4.92 Å². The molecule has 0 aliphatic carbocycles. The predicted molar refractivity (Wildman–Crippen MR) is 63.8 cm³/mol. The van der Waals surface area contributed by atoms with E-state index in [1.807, 2.05) is 4.90 Å². The lowest BCUT2D eigenvalue weighted by atomic mass is 10.2. The van der Waals surface area contributed by atoms with E-state index in [1.165, 1.54) is 6.33 Å². The smallest absolute Gasteiger partial charge is 0.353 e. The molecule has 1 aromatic heterocycles. The second-order valence-electron chi connectivity index (χ2n) is 4.09. The van der Waals surface area contributed by atoms with E-state index in [4.69, 9.17) is 5.73 Å². The van der Waals surface area contributed by atoms with E-state index < -0.39 is 4.92 Å². The molecule has 2 heterocycles. The van der Waals surface area contributed by atoms with Crippen LogP contribution < -0.4 is 10.6 Å². The highest BCUT2D eigenvalue weighted by Gasteiger charge is 2.25. The number of nitrogen functional groups attached to an aromatic ring is 1. The second kappa shape index (κ2) is 4.94. The van der Waals surface area contributed by atoms with Crippen molar-refractivity contribution >= 4 is 17.3 Å². The minimum atomic E-state index is -0.504. The van der Waals surface area contributed by atoms with Crippen molar-refractivity contribution in [2.75, 3.05) is 23.7 Å². The van der Waals surface area contributed by atoms with Crippen LogP contribution in [0.15, 0.2) is 6.33 Å². The van der Waals surface area contributed by atoms with Gasteiger partial charge < -0.3 is 10.6 Å². The molecule has 2 N–H and O–H groups in total. The van der Waals surface area contributed by atoms with E-state index in [0.29, 0.717) is 5.82 Å². The molecule has 1 aromatic rings. The van der Waals surface area contributed by atoms with Crippen LogP contribution in [0.25, 0.3) is 0 Å². The molecule has 2 rings (SSSR count). The summed E-state index contributed by atoms with van der Waals surface area (Å²) in [6.07, 6.45) is 5.65. The summed E-state index contributed by atoms with van der Waals surface area (Å²) in [5, 5.41) is 11.0. The molecule has 0 radical (unpaired) electrons. The zero-order chi connectivity index (χ0) is 12.3. The first kappa shape index (κ1) is 11.6. The van der Waals surface area contributed by atoms with Gasteiger partial charge in [-0.05, 0) is 12.8 Å². The van der Waals surface area contributed by atoms with Gasteiger partial charge in [0.15, 0.2) is 0 Å². The fourth-order valence-electron chi connectivity index (χ4n) is 2.07. The van der Waals surface area contributed by atoms with E-state index in [-0.39, 0.29) is 11.5 Å². The highest BCUT2D eigenvalue weighted by Crippen LogP contribution is 2.30. The van der Waals surface area contributed by atoms with Gasteiger partial charge in [-0.3, -0.25) is 10.1 Å². The summed E-state index contributed by atoms with van der Waals surface area (Å²) >= 11 is 0. The largest absolute Gasteiger partial charge is 0.378 e. The maximum Gasteiger partial charge on any atom is 0.353 e. The van der Waals surface area contributed by atoms with Gasteiger partial charge in [0.25, 0.3) is 0 Å². The third kappa shape index (κ3) is 2.43. The molecule has 17 heavy (non-hydrogen) atoms. The van der Waals surface area contributed by atoms with E-state index in [0.717, 1.165) is 38.8 Å². The first-order valence-corrected chi connectivity index (χ1v) is 5.70. The Kier molecular flexibility index (Phi) is 3.36. The molecule has 1 aliphatic rings. The Labute approximate surface area is 98.8 Å². The Morgan fingerprint density at radius 3 is 2.47 bits per heavy atom. The van der Waals surface area contributed by atoms with Crippen molar-refractivity contribution in [2.45, 2.75) is 25.7 Å². The molecule has 7 nitrogen and oxygen atoms in total. The first-order valence-electron chi connectivity index (χ1n) is 5.70. The van der Waals surface area contributed by atoms with E-state index in [2.05, 4.69) is 9.97 Å². The molecule has 0 atom stereocenters. The van der Waals surface area contributed by atoms with E-state index in [1.54, 1.807) is 0 Å². The monoisotopic (exact) mass is 237 g/mol. The van der Waals surface area contributed by atoms with E-state index in [9.17, 15) is 10.1 Å². The third-order valence-corrected chi connectivity index (χ3v) is 2.92. The fourth-order valence-corrected chi connectivity index (χ4v) is 2.07. The molecule has 92 valence electrons. The number of hydrogen-bond donors (Lipinski definition) is 1. The number of rotatable bonds is 2. The van der Waals surface area contributed by atoms with Crippen LogP contribution in [-0.4, -0.2) is 28.0 Å². The second-order valence-corrected chi connectivity index (χ2v) is 4.09. The minimum absolute atomic E-state index is 0.0655. The standard InChI is InChI=1S/C10H15N5O2/c11-9-8(15(16)17)10(13-7-12-9)14-5-3-1-2-4-6-14/h7H,1-6H2,(H2,11,12,13). The summed E-state index contributed by atoms with van der Waals surface area (Å²) in [7, 11) is 0. The van der Waals surface area contributed by atoms with Crippen molar-refractivity contribution in [1.29, 1.82) is 0 Å². The van der Waals surface area contributed by atoms with Crippen molar-refractivity contribution in [2.24, 2.45) is 0 Å². The Balaban J connectivity index is 2.36. The molecular weight excluding hydrogens is 222 g/mol. The number of anilines is 2. The lowest BCUT2D eigenvalue weighted by Gasteiger charge is -2.20. The van der Waals surface area contributed by atoms with Gasteiger partial charge in [0.1, 0.15) is 6.33 Å². The van der Waals surface area contributed by atoms with Gasteiger partial charge in [0.2, 0.25) is 11.6 Å². The summed E-state index contributed by atoms with van der Waals surface area (Å²) in [6, 6.07) is 0. The molecule has 0 amide bonds. The summed E-state index contributed by atoms with van der Waals surface area (Å²) in [5.74, 6) is 0.286. The number of nitrogens with two attached hydrogens (primary N) is 1. The zero-order valence-electron chi connectivity index (χ0n) is 9.50. The summed E-state index contributed by atoms with van der Waals surface area (Å²) in [4.78, 5) is 20.1. The molecule has 0 unspecified atom stereocenters. The molecular formula is C10H15N5O2. The lowest BCUT2D eigenvalue weighted by molar-refractivity contribution is -0.383. The molecule has 0 saturated carbocycles. The molecule has 0 aromatic carbocycles. The quantitative estimate of drug-likeness (QED) is 0.615. The van der Waals surface area contributed by atoms with Crippen LogP contribution in [0.4, 0.5) is 17.3 Å². The molecule has 0 spiro atoms. The van der Waals surface area contributed by atoms with Crippen molar-refractivity contribution in [3.63, 3.8) is 0 Å². The van der Waals surface area contributed by atoms with Crippen molar-refractivity contribution in [1.82, 2.24) is 9.97 Å². The SMILES string of the molecule is Nc1ncnc(N2CCCCCC2)c1[N+](=O)[O-]. The van der Waals surface area contributed by atoms with Gasteiger partial charge in [-0.25, -0.2) is 9.97 Å². The van der Waals surface area contributed by atoms with Crippen LogP contribution in [0.3, 0.4) is 0 Å². The van der Waals surface area contributed by atoms with E-state index >= 15 is 0 Å². The normalized spacial score (nSPS) is 16.6. The van der Waals surface area contributed by atoms with Crippen LogP contribution in [0.2, 0.25) is 0 Å². The van der Waals surface area contributed by atoms with Gasteiger partial charge in [-0.1, -0.05) is 12.8 Å². The van der Waals surface area contributed by atoms with Crippen LogP contribution in [0, 0.1) is 10.1 Å². The van der Waals surface area contributed by atoms with Gasteiger partial charge in [-0.2, -0.15) is 0 Å². The van der Waals surface area contributed by atoms with Crippen LogP contribution >= 0.6 is 0 Å². The Bertz CT molecular complexity index is 415. The topological polar surface area (TPSA) is 98.2 Å². The average molecular weight is 237 g/mol. The highest BCUT2D eigenvalue weighted by atomic mass is 16.6. The molecule has 0 bridgehead atoms. The molecule has 1 aliphatic heterocycles. The molecule has 1 saturated heterocycles. The minimum Gasteiger partial charge on any atom is -0.378 e. The number of hydrogen-bond acceptors (Lipinski definition) is 6. The maximum atomic E-state index is 11.0. The number of nitrogens with zero attached hydrogens (tertiary/aromatic N) is 4. The first-order chi connectivity index (χ1) is 8.20. The van der Waals surface area contributed by atoms with Crippen molar-refractivity contribution in [3.8, 4) is 0 Å². The third-order valence-electron chi connectivity index (χ3n) is 2.92. The Morgan fingerprint density at radius 1 is 1.24 bits per heavy atom. The number of aromatic nitrogens is 2.